The van der Waals surface area contributed by atoms with Crippen molar-refractivity contribution in [3.8, 4) is 11.4 Å². The highest BCUT2D eigenvalue weighted by molar-refractivity contribution is 7.18. The SMILES string of the molecule is C[C@H]1CCc2c(sc3ncn(Cc4nc(-c5ccccc5)no4)c(=O)c23)C1. The van der Waals surface area contributed by atoms with Crippen LogP contribution < -0.4 is 5.56 Å². The fourth-order valence-electron chi connectivity index (χ4n) is 3.65. The molecule has 5 rings (SSSR count). The molecule has 1 atom stereocenters. The van der Waals surface area contributed by atoms with Crippen molar-refractivity contribution >= 4 is 21.6 Å². The standard InChI is InChI=1S/C20H18N4O2S/c1-12-7-8-14-15(9-12)27-19-17(14)20(25)24(11-21-19)10-16-22-18(23-26-16)13-5-3-2-4-6-13/h2-6,11-12H,7-10H2,1H3/t12-/m0/s1. The van der Waals surface area contributed by atoms with E-state index in [-0.39, 0.29) is 12.1 Å². The molecule has 0 fully saturated rings. The van der Waals surface area contributed by atoms with Crippen molar-refractivity contribution in [3.63, 3.8) is 0 Å². The van der Waals surface area contributed by atoms with Crippen molar-refractivity contribution in [1.82, 2.24) is 19.7 Å². The molecule has 0 unspecified atom stereocenters. The average molecular weight is 378 g/mol. The third-order valence-electron chi connectivity index (χ3n) is 5.09. The average Bonchev–Trinajstić information content (AvgIpc) is 3.29. The van der Waals surface area contributed by atoms with Crippen molar-refractivity contribution in [2.75, 3.05) is 0 Å². The van der Waals surface area contributed by atoms with E-state index in [2.05, 4.69) is 22.0 Å². The molecule has 27 heavy (non-hydrogen) atoms. The lowest BCUT2D eigenvalue weighted by Gasteiger charge is -2.17. The van der Waals surface area contributed by atoms with E-state index >= 15 is 0 Å². The quantitative estimate of drug-likeness (QED) is 0.544. The van der Waals surface area contributed by atoms with E-state index < -0.39 is 0 Å². The van der Waals surface area contributed by atoms with Crippen LogP contribution in [0.3, 0.4) is 0 Å². The Kier molecular flexibility index (Phi) is 3.89. The minimum atomic E-state index is -0.0217. The van der Waals surface area contributed by atoms with Gasteiger partial charge in [-0.25, -0.2) is 4.98 Å². The van der Waals surface area contributed by atoms with Gasteiger partial charge in [0, 0.05) is 10.4 Å². The molecule has 0 spiro atoms. The van der Waals surface area contributed by atoms with Gasteiger partial charge in [-0.3, -0.25) is 9.36 Å². The van der Waals surface area contributed by atoms with Crippen molar-refractivity contribution in [2.45, 2.75) is 32.7 Å². The second kappa shape index (κ2) is 6.42. The molecule has 0 bridgehead atoms. The summed E-state index contributed by atoms with van der Waals surface area (Å²) in [5.74, 6) is 1.59. The number of hydrogen-bond acceptors (Lipinski definition) is 6. The number of benzene rings is 1. The number of aryl methyl sites for hydroxylation is 1. The summed E-state index contributed by atoms with van der Waals surface area (Å²) in [6.45, 7) is 2.49. The first-order valence-corrected chi connectivity index (χ1v) is 9.88. The van der Waals surface area contributed by atoms with Crippen molar-refractivity contribution in [1.29, 1.82) is 0 Å². The van der Waals surface area contributed by atoms with Crippen LogP contribution in [0, 0.1) is 5.92 Å². The molecule has 0 amide bonds. The maximum absolute atomic E-state index is 13.1. The van der Waals surface area contributed by atoms with Crippen LogP contribution in [0.5, 0.6) is 0 Å². The topological polar surface area (TPSA) is 73.8 Å². The third kappa shape index (κ3) is 2.88. The van der Waals surface area contributed by atoms with Crippen molar-refractivity contribution in [2.24, 2.45) is 5.92 Å². The van der Waals surface area contributed by atoms with Crippen LogP contribution in [0.25, 0.3) is 21.6 Å². The van der Waals surface area contributed by atoms with Gasteiger partial charge in [0.1, 0.15) is 11.4 Å². The first-order valence-electron chi connectivity index (χ1n) is 9.06. The van der Waals surface area contributed by atoms with Gasteiger partial charge in [0.25, 0.3) is 5.56 Å². The van der Waals surface area contributed by atoms with E-state index in [1.54, 1.807) is 22.2 Å². The maximum Gasteiger partial charge on any atom is 0.262 e. The normalized spacial score (nSPS) is 16.6. The van der Waals surface area contributed by atoms with Crippen molar-refractivity contribution in [3.05, 3.63) is 63.3 Å². The molecule has 0 saturated heterocycles. The zero-order valence-corrected chi connectivity index (χ0v) is 15.7. The second-order valence-electron chi connectivity index (χ2n) is 7.09. The van der Waals surface area contributed by atoms with Gasteiger partial charge in [-0.2, -0.15) is 4.98 Å². The Morgan fingerprint density at radius 2 is 2.15 bits per heavy atom. The smallest absolute Gasteiger partial charge is 0.262 e. The van der Waals surface area contributed by atoms with Gasteiger partial charge in [0.15, 0.2) is 0 Å². The molecule has 3 aromatic heterocycles. The van der Waals surface area contributed by atoms with Gasteiger partial charge in [0.2, 0.25) is 11.7 Å². The Bertz CT molecular complexity index is 1180. The molecular weight excluding hydrogens is 360 g/mol. The number of aromatic nitrogens is 4. The summed E-state index contributed by atoms with van der Waals surface area (Å²) in [4.78, 5) is 24.2. The first kappa shape index (κ1) is 16.4. The molecule has 6 nitrogen and oxygen atoms in total. The Morgan fingerprint density at radius 3 is 3.00 bits per heavy atom. The highest BCUT2D eigenvalue weighted by Gasteiger charge is 2.23. The molecule has 1 aliphatic carbocycles. The fraction of sp³-hybridized carbons (Fsp3) is 0.300. The van der Waals surface area contributed by atoms with E-state index in [0.29, 0.717) is 17.6 Å². The van der Waals surface area contributed by atoms with Crippen LogP contribution in [0.4, 0.5) is 0 Å². The third-order valence-corrected chi connectivity index (χ3v) is 6.25. The maximum atomic E-state index is 13.1. The molecule has 1 aliphatic rings. The minimum absolute atomic E-state index is 0.0217. The Labute approximate surface area is 159 Å². The highest BCUT2D eigenvalue weighted by atomic mass is 32.1. The molecule has 136 valence electrons. The lowest BCUT2D eigenvalue weighted by molar-refractivity contribution is 0.369. The largest absolute Gasteiger partial charge is 0.337 e. The molecule has 4 aromatic rings. The summed E-state index contributed by atoms with van der Waals surface area (Å²) >= 11 is 1.66. The van der Waals surface area contributed by atoms with Gasteiger partial charge < -0.3 is 4.52 Å². The van der Waals surface area contributed by atoms with Gasteiger partial charge in [-0.1, -0.05) is 42.4 Å². The van der Waals surface area contributed by atoms with E-state index in [9.17, 15) is 4.79 Å². The summed E-state index contributed by atoms with van der Waals surface area (Å²) in [5, 5.41) is 4.79. The molecular formula is C20H18N4O2S. The van der Waals surface area contributed by atoms with E-state index in [4.69, 9.17) is 4.52 Å². The molecule has 0 aliphatic heterocycles. The number of fused-ring (bicyclic) bond motifs is 3. The predicted molar refractivity (Wildman–Crippen MR) is 104 cm³/mol. The van der Waals surface area contributed by atoms with Crippen molar-refractivity contribution < 1.29 is 4.52 Å². The van der Waals surface area contributed by atoms with Crippen LogP contribution in [0.1, 0.15) is 29.7 Å². The zero-order chi connectivity index (χ0) is 18.4. The number of thiophene rings is 1. The second-order valence-corrected chi connectivity index (χ2v) is 8.17. The Morgan fingerprint density at radius 1 is 1.30 bits per heavy atom. The van der Waals surface area contributed by atoms with Gasteiger partial charge in [-0.05, 0) is 30.7 Å². The molecule has 0 radical (unpaired) electrons. The monoisotopic (exact) mass is 378 g/mol. The molecule has 7 heteroatoms. The van der Waals surface area contributed by atoms with Gasteiger partial charge in [0.05, 0.1) is 11.7 Å². The Hall–Kier alpha value is -2.80. The van der Waals surface area contributed by atoms with Crippen LogP contribution in [-0.4, -0.2) is 19.7 Å². The molecule has 1 aromatic carbocycles. The summed E-state index contributed by atoms with van der Waals surface area (Å²) in [6, 6.07) is 9.63. The van der Waals surface area contributed by atoms with E-state index in [1.165, 1.54) is 10.4 Å². The number of rotatable bonds is 3. The zero-order valence-electron chi connectivity index (χ0n) is 14.9. The molecule has 0 saturated carbocycles. The number of hydrogen-bond donors (Lipinski definition) is 0. The lowest BCUT2D eigenvalue weighted by Crippen LogP contribution is -2.22. The van der Waals surface area contributed by atoms with Gasteiger partial charge in [-0.15, -0.1) is 11.3 Å². The number of nitrogens with zero attached hydrogens (tertiary/aromatic N) is 4. The molecule has 0 N–H and O–H groups in total. The highest BCUT2D eigenvalue weighted by Crippen LogP contribution is 2.35. The van der Waals surface area contributed by atoms with Crippen LogP contribution >= 0.6 is 11.3 Å². The van der Waals surface area contributed by atoms with E-state index in [1.807, 2.05) is 30.3 Å². The van der Waals surface area contributed by atoms with E-state index in [0.717, 1.165) is 35.0 Å². The van der Waals surface area contributed by atoms with Gasteiger partial charge >= 0.3 is 0 Å². The first-order chi connectivity index (χ1) is 13.2. The summed E-state index contributed by atoms with van der Waals surface area (Å²) < 4.78 is 6.92. The fourth-order valence-corrected chi connectivity index (χ4v) is 4.99. The molecule has 3 heterocycles. The van der Waals surface area contributed by atoms with Crippen LogP contribution in [0.2, 0.25) is 0 Å². The summed E-state index contributed by atoms with van der Waals surface area (Å²) in [7, 11) is 0. The summed E-state index contributed by atoms with van der Waals surface area (Å²) in [5.41, 5.74) is 2.05. The lowest BCUT2D eigenvalue weighted by atomic mass is 9.89. The Balaban J connectivity index is 1.50. The minimum Gasteiger partial charge on any atom is -0.337 e. The predicted octanol–water partition coefficient (Wildman–Crippen LogP) is 3.68. The van der Waals surface area contributed by atoms with Crippen LogP contribution in [-0.2, 0) is 19.4 Å². The van der Waals surface area contributed by atoms with Crippen LogP contribution in [0.15, 0.2) is 46.0 Å². The summed E-state index contributed by atoms with van der Waals surface area (Å²) in [6.07, 6.45) is 4.70.